The summed E-state index contributed by atoms with van der Waals surface area (Å²) >= 11 is 1.77. The first kappa shape index (κ1) is 17.2. The minimum Gasteiger partial charge on any atom is -0.351 e. The van der Waals surface area contributed by atoms with E-state index in [0.29, 0.717) is 18.9 Å². The van der Waals surface area contributed by atoms with Gasteiger partial charge < -0.3 is 11.1 Å². The number of carbonyl (C=O) groups excluding carboxylic acids is 1. The van der Waals surface area contributed by atoms with Crippen molar-refractivity contribution in [3.63, 3.8) is 0 Å². The third-order valence-electron chi connectivity index (χ3n) is 3.73. The Morgan fingerprint density at radius 3 is 2.65 bits per heavy atom. The zero-order valence-electron chi connectivity index (χ0n) is 13.0. The van der Waals surface area contributed by atoms with E-state index < -0.39 is 0 Å². The molecule has 114 valence electrons. The summed E-state index contributed by atoms with van der Waals surface area (Å²) in [6.07, 6.45) is 4.95. The number of nitrogens with one attached hydrogen (secondary N) is 1. The second-order valence-electron chi connectivity index (χ2n) is 5.50. The molecular formula is C16H28N2OS. The first-order valence-corrected chi connectivity index (χ1v) is 8.41. The summed E-state index contributed by atoms with van der Waals surface area (Å²) in [4.78, 5) is 14.5. The van der Waals surface area contributed by atoms with Crippen LogP contribution in [-0.2, 0) is 11.3 Å². The van der Waals surface area contributed by atoms with Crippen molar-refractivity contribution in [1.82, 2.24) is 5.32 Å². The monoisotopic (exact) mass is 296 g/mol. The van der Waals surface area contributed by atoms with Crippen LogP contribution in [0.3, 0.4) is 0 Å². The van der Waals surface area contributed by atoms with Gasteiger partial charge in [0.05, 0.1) is 6.54 Å². The van der Waals surface area contributed by atoms with E-state index in [2.05, 4.69) is 32.2 Å². The standard InChI is InChI=1S/C16H28N2OS/c1-4-5-14(8-9-17)6-7-16(19)18-11-15-10-12(2)13(3)20-15/h10,14H,4-9,11,17H2,1-3H3,(H,18,19). The SMILES string of the molecule is CCCC(CCN)CCC(=O)NCc1cc(C)c(C)s1. The van der Waals surface area contributed by atoms with Crippen LogP contribution < -0.4 is 11.1 Å². The zero-order chi connectivity index (χ0) is 15.0. The number of nitrogens with two attached hydrogens (primary N) is 1. The molecule has 1 atom stereocenters. The van der Waals surface area contributed by atoms with Crippen LogP contribution in [0.25, 0.3) is 0 Å². The third-order valence-corrected chi connectivity index (χ3v) is 4.88. The van der Waals surface area contributed by atoms with Gasteiger partial charge in [0.1, 0.15) is 0 Å². The fourth-order valence-electron chi connectivity index (χ4n) is 2.42. The number of thiophene rings is 1. The first-order valence-electron chi connectivity index (χ1n) is 7.59. The lowest BCUT2D eigenvalue weighted by molar-refractivity contribution is -0.121. The molecule has 4 heteroatoms. The maximum atomic E-state index is 11.9. The molecule has 0 radical (unpaired) electrons. The van der Waals surface area contributed by atoms with Crippen molar-refractivity contribution >= 4 is 17.2 Å². The number of hydrogen-bond donors (Lipinski definition) is 2. The molecule has 1 amide bonds. The van der Waals surface area contributed by atoms with Crippen molar-refractivity contribution < 1.29 is 4.79 Å². The molecule has 0 fully saturated rings. The van der Waals surface area contributed by atoms with Gasteiger partial charge in [0.25, 0.3) is 0 Å². The molecule has 0 aromatic carbocycles. The lowest BCUT2D eigenvalue weighted by Crippen LogP contribution is -2.23. The van der Waals surface area contributed by atoms with Crippen LogP contribution in [0, 0.1) is 19.8 Å². The van der Waals surface area contributed by atoms with Crippen molar-refractivity contribution in [3.05, 3.63) is 21.4 Å². The molecule has 3 N–H and O–H groups in total. The van der Waals surface area contributed by atoms with E-state index >= 15 is 0 Å². The Bertz CT molecular complexity index is 389. The highest BCUT2D eigenvalue weighted by atomic mass is 32.1. The molecule has 3 nitrogen and oxygen atoms in total. The van der Waals surface area contributed by atoms with Crippen molar-refractivity contribution in [3.8, 4) is 0 Å². The topological polar surface area (TPSA) is 55.1 Å². The number of hydrogen-bond acceptors (Lipinski definition) is 3. The third kappa shape index (κ3) is 6.06. The van der Waals surface area contributed by atoms with Gasteiger partial charge in [0, 0.05) is 16.2 Å². The Hall–Kier alpha value is -0.870. The molecule has 0 saturated heterocycles. The highest BCUT2D eigenvalue weighted by Gasteiger charge is 2.10. The van der Waals surface area contributed by atoms with E-state index in [-0.39, 0.29) is 5.91 Å². The van der Waals surface area contributed by atoms with Crippen LogP contribution in [-0.4, -0.2) is 12.5 Å². The molecule has 0 aliphatic carbocycles. The van der Waals surface area contributed by atoms with Gasteiger partial charge in [-0.05, 0) is 50.8 Å². The smallest absolute Gasteiger partial charge is 0.220 e. The van der Waals surface area contributed by atoms with E-state index in [4.69, 9.17) is 5.73 Å². The van der Waals surface area contributed by atoms with Crippen molar-refractivity contribution in [2.45, 2.75) is 59.4 Å². The number of rotatable bonds is 9. The zero-order valence-corrected chi connectivity index (χ0v) is 13.8. The van der Waals surface area contributed by atoms with Crippen molar-refractivity contribution in [1.29, 1.82) is 0 Å². The van der Waals surface area contributed by atoms with E-state index in [1.54, 1.807) is 11.3 Å². The van der Waals surface area contributed by atoms with Crippen molar-refractivity contribution in [2.24, 2.45) is 11.7 Å². The largest absolute Gasteiger partial charge is 0.351 e. The van der Waals surface area contributed by atoms with Crippen LogP contribution in [0.2, 0.25) is 0 Å². The summed E-state index contributed by atoms with van der Waals surface area (Å²) in [5.41, 5.74) is 6.93. The van der Waals surface area contributed by atoms with Gasteiger partial charge in [-0.1, -0.05) is 19.8 Å². The highest BCUT2D eigenvalue weighted by Crippen LogP contribution is 2.20. The molecule has 0 bridgehead atoms. The summed E-state index contributed by atoms with van der Waals surface area (Å²) in [5, 5.41) is 3.02. The molecule has 1 unspecified atom stereocenters. The average Bonchev–Trinajstić information content (AvgIpc) is 2.73. The van der Waals surface area contributed by atoms with Gasteiger partial charge >= 0.3 is 0 Å². The Morgan fingerprint density at radius 1 is 1.35 bits per heavy atom. The van der Waals surface area contributed by atoms with Crippen LogP contribution in [0.1, 0.15) is 54.3 Å². The van der Waals surface area contributed by atoms with Crippen LogP contribution in [0.15, 0.2) is 6.07 Å². The maximum Gasteiger partial charge on any atom is 0.220 e. The van der Waals surface area contributed by atoms with Gasteiger partial charge in [-0.3, -0.25) is 4.79 Å². The molecule has 0 aliphatic rings. The predicted molar refractivity (Wildman–Crippen MR) is 86.9 cm³/mol. The van der Waals surface area contributed by atoms with Gasteiger partial charge in [0.2, 0.25) is 5.91 Å². The van der Waals surface area contributed by atoms with Crippen LogP contribution in [0.4, 0.5) is 0 Å². The van der Waals surface area contributed by atoms with E-state index in [0.717, 1.165) is 19.4 Å². The minimum absolute atomic E-state index is 0.159. The Labute approximate surface area is 127 Å². The Kier molecular flexibility index (Phi) is 7.85. The van der Waals surface area contributed by atoms with E-state index in [1.165, 1.54) is 28.2 Å². The molecule has 0 spiro atoms. The Balaban J connectivity index is 2.28. The molecule has 1 aromatic rings. The minimum atomic E-state index is 0.159. The molecule has 0 aliphatic heterocycles. The molecule has 0 saturated carbocycles. The molecule has 20 heavy (non-hydrogen) atoms. The first-order chi connectivity index (χ1) is 9.56. The summed E-state index contributed by atoms with van der Waals surface area (Å²) in [7, 11) is 0. The number of amides is 1. The fraction of sp³-hybridized carbons (Fsp3) is 0.688. The number of aryl methyl sites for hydroxylation is 2. The Morgan fingerprint density at radius 2 is 2.10 bits per heavy atom. The summed E-state index contributed by atoms with van der Waals surface area (Å²) in [6, 6.07) is 2.16. The van der Waals surface area contributed by atoms with E-state index in [9.17, 15) is 4.79 Å². The fourth-order valence-corrected chi connectivity index (χ4v) is 3.42. The van der Waals surface area contributed by atoms with Gasteiger partial charge in [0.15, 0.2) is 0 Å². The molecule has 1 rings (SSSR count). The lowest BCUT2D eigenvalue weighted by Gasteiger charge is -2.14. The van der Waals surface area contributed by atoms with E-state index in [1.807, 2.05) is 0 Å². The van der Waals surface area contributed by atoms with Gasteiger partial charge in [-0.25, -0.2) is 0 Å². The predicted octanol–water partition coefficient (Wildman–Crippen LogP) is 3.53. The summed E-state index contributed by atoms with van der Waals surface area (Å²) in [6.45, 7) is 7.80. The second-order valence-corrected chi connectivity index (χ2v) is 6.84. The second kappa shape index (κ2) is 9.14. The average molecular weight is 296 g/mol. The summed E-state index contributed by atoms with van der Waals surface area (Å²) in [5.74, 6) is 0.758. The number of carbonyl (C=O) groups is 1. The maximum absolute atomic E-state index is 11.9. The normalized spacial score (nSPS) is 12.4. The van der Waals surface area contributed by atoms with Crippen LogP contribution in [0.5, 0.6) is 0 Å². The molecule has 1 heterocycles. The van der Waals surface area contributed by atoms with Gasteiger partial charge in [-0.2, -0.15) is 0 Å². The quantitative estimate of drug-likeness (QED) is 0.732. The summed E-state index contributed by atoms with van der Waals surface area (Å²) < 4.78 is 0. The highest BCUT2D eigenvalue weighted by molar-refractivity contribution is 7.12. The molecular weight excluding hydrogens is 268 g/mol. The lowest BCUT2D eigenvalue weighted by atomic mass is 9.94. The van der Waals surface area contributed by atoms with Crippen LogP contribution >= 0.6 is 11.3 Å². The molecule has 1 aromatic heterocycles. The van der Waals surface area contributed by atoms with Gasteiger partial charge in [-0.15, -0.1) is 11.3 Å². The van der Waals surface area contributed by atoms with Crippen molar-refractivity contribution in [2.75, 3.05) is 6.54 Å².